The Morgan fingerprint density at radius 2 is 2.38 bits per heavy atom. The van der Waals surface area contributed by atoms with Crippen LogP contribution in [0.15, 0.2) is 17.1 Å². The van der Waals surface area contributed by atoms with Crippen molar-refractivity contribution in [3.05, 3.63) is 28.4 Å². The van der Waals surface area contributed by atoms with Gasteiger partial charge in [-0.1, -0.05) is 0 Å². The van der Waals surface area contributed by atoms with E-state index < -0.39 is 0 Å². The van der Waals surface area contributed by atoms with Gasteiger partial charge in [0.1, 0.15) is 6.61 Å². The van der Waals surface area contributed by atoms with Gasteiger partial charge in [0.05, 0.1) is 17.9 Å². The molecule has 0 aromatic carbocycles. The minimum absolute atomic E-state index is 0.183. The summed E-state index contributed by atoms with van der Waals surface area (Å²) in [4.78, 5) is 19.9. The highest BCUT2D eigenvalue weighted by Crippen LogP contribution is 2.26. The number of hydrogen-bond acceptors (Lipinski definition) is 8. The zero-order chi connectivity index (χ0) is 14.8. The van der Waals surface area contributed by atoms with Gasteiger partial charge in [-0.2, -0.15) is 9.47 Å². The van der Waals surface area contributed by atoms with Crippen molar-refractivity contribution < 1.29 is 4.74 Å². The number of methoxy groups -OCH3 is 1. The monoisotopic (exact) mass is 308 g/mol. The summed E-state index contributed by atoms with van der Waals surface area (Å²) < 4.78 is 9.27. The third-order valence-electron chi connectivity index (χ3n) is 3.46. The Kier molecular flexibility index (Phi) is 3.84. The van der Waals surface area contributed by atoms with Crippen LogP contribution in [0.25, 0.3) is 0 Å². The average molecular weight is 308 g/mol. The second kappa shape index (κ2) is 5.78. The molecule has 0 unspecified atom stereocenters. The maximum absolute atomic E-state index is 11.3. The Morgan fingerprint density at radius 1 is 1.57 bits per heavy atom. The summed E-state index contributed by atoms with van der Waals surface area (Å²) in [5, 5.41) is 7.08. The van der Waals surface area contributed by atoms with Gasteiger partial charge in [-0.3, -0.25) is 4.79 Å². The van der Waals surface area contributed by atoms with Crippen molar-refractivity contribution in [1.29, 1.82) is 0 Å². The first-order chi connectivity index (χ1) is 10.2. The van der Waals surface area contributed by atoms with Crippen molar-refractivity contribution >= 4 is 22.4 Å². The van der Waals surface area contributed by atoms with Gasteiger partial charge >= 0.3 is 0 Å². The Morgan fingerprint density at radius 3 is 3.10 bits per heavy atom. The number of nitrogens with one attached hydrogen (secondary N) is 1. The number of nitrogens with zero attached hydrogens (tertiary/aromatic N) is 5. The molecule has 0 atom stereocenters. The van der Waals surface area contributed by atoms with Crippen LogP contribution < -0.4 is 15.4 Å². The normalized spacial score (nSPS) is 15.0. The summed E-state index contributed by atoms with van der Waals surface area (Å²) in [5.41, 5.74) is 0.665. The van der Waals surface area contributed by atoms with Crippen molar-refractivity contribution in [3.8, 4) is 0 Å². The molecule has 3 heterocycles. The molecule has 8 nitrogen and oxygen atoms in total. The molecule has 1 saturated heterocycles. The molecule has 1 fully saturated rings. The Bertz CT molecular complexity index is 666. The molecule has 1 aliphatic rings. The van der Waals surface area contributed by atoms with Gasteiger partial charge in [0.2, 0.25) is 5.13 Å². The molecule has 0 bridgehead atoms. The topological polar surface area (TPSA) is 87.2 Å². The molecule has 1 N–H and O–H groups in total. The molecule has 0 radical (unpaired) electrons. The van der Waals surface area contributed by atoms with Crippen LogP contribution in [0, 0.1) is 0 Å². The molecule has 112 valence electrons. The molecule has 1 aliphatic heterocycles. The van der Waals surface area contributed by atoms with Crippen LogP contribution in [-0.4, -0.2) is 52.8 Å². The fourth-order valence-electron chi connectivity index (χ4n) is 2.18. The molecule has 0 spiro atoms. The van der Waals surface area contributed by atoms with E-state index in [9.17, 15) is 4.79 Å². The summed E-state index contributed by atoms with van der Waals surface area (Å²) in [6, 6.07) is 1.91. The standard InChI is InChI=1S/C12H16N6O2S/c1-17(12-14-10(7-20-2)16-21-12)9-5-18(6-9)8-3-11(19)15-13-4-8/h3-4,9H,5-7H2,1-2H3,(H,15,19). The SMILES string of the molecule is COCc1nsc(N(C)C2CN(c3cn[nH]c(=O)c3)C2)n1. The highest BCUT2D eigenvalue weighted by Gasteiger charge is 2.32. The van der Waals surface area contributed by atoms with Crippen LogP contribution in [0.4, 0.5) is 10.8 Å². The van der Waals surface area contributed by atoms with Gasteiger partial charge in [-0.05, 0) is 0 Å². The van der Waals surface area contributed by atoms with Crippen molar-refractivity contribution in [3.63, 3.8) is 0 Å². The molecule has 2 aromatic rings. The van der Waals surface area contributed by atoms with Gasteiger partial charge in [0, 0.05) is 44.8 Å². The highest BCUT2D eigenvalue weighted by molar-refractivity contribution is 7.09. The molecular formula is C12H16N6O2S. The van der Waals surface area contributed by atoms with Crippen LogP contribution in [0.2, 0.25) is 0 Å². The summed E-state index contributed by atoms with van der Waals surface area (Å²) in [7, 11) is 3.64. The first-order valence-electron chi connectivity index (χ1n) is 6.51. The van der Waals surface area contributed by atoms with Gasteiger partial charge < -0.3 is 14.5 Å². The lowest BCUT2D eigenvalue weighted by Crippen LogP contribution is -2.59. The predicted molar refractivity (Wildman–Crippen MR) is 79.9 cm³/mol. The van der Waals surface area contributed by atoms with Crippen molar-refractivity contribution in [2.75, 3.05) is 37.0 Å². The fraction of sp³-hybridized carbons (Fsp3) is 0.500. The van der Waals surface area contributed by atoms with Gasteiger partial charge in [0.25, 0.3) is 5.56 Å². The molecular weight excluding hydrogens is 292 g/mol. The Hall–Kier alpha value is -2.00. The summed E-state index contributed by atoms with van der Waals surface area (Å²) in [5.74, 6) is 0.708. The lowest BCUT2D eigenvalue weighted by Gasteiger charge is -2.44. The summed E-state index contributed by atoms with van der Waals surface area (Å²) >= 11 is 1.37. The lowest BCUT2D eigenvalue weighted by molar-refractivity contribution is 0.179. The molecule has 3 rings (SSSR count). The van der Waals surface area contributed by atoms with Gasteiger partial charge in [-0.15, -0.1) is 0 Å². The van der Waals surface area contributed by atoms with Crippen molar-refractivity contribution in [1.82, 2.24) is 19.6 Å². The van der Waals surface area contributed by atoms with Gasteiger partial charge in [0.15, 0.2) is 5.82 Å². The van der Waals surface area contributed by atoms with E-state index in [1.807, 2.05) is 7.05 Å². The number of H-pyrrole nitrogens is 1. The van der Waals surface area contributed by atoms with Crippen molar-refractivity contribution in [2.24, 2.45) is 0 Å². The van der Waals surface area contributed by atoms with E-state index in [0.717, 1.165) is 23.9 Å². The molecule has 0 amide bonds. The highest BCUT2D eigenvalue weighted by atomic mass is 32.1. The Labute approximate surface area is 125 Å². The number of aromatic nitrogens is 4. The number of ether oxygens (including phenoxy) is 1. The largest absolute Gasteiger partial charge is 0.377 e. The van der Waals surface area contributed by atoms with Gasteiger partial charge in [-0.25, -0.2) is 10.1 Å². The lowest BCUT2D eigenvalue weighted by atomic mass is 10.1. The number of aromatic amines is 1. The number of likely N-dealkylation sites (N-methyl/N-ethyl adjacent to an activating group) is 1. The van der Waals surface area contributed by atoms with Crippen LogP contribution >= 0.6 is 11.5 Å². The van der Waals surface area contributed by atoms with E-state index in [1.165, 1.54) is 11.5 Å². The average Bonchev–Trinajstić information content (AvgIpc) is 2.86. The second-order valence-corrected chi connectivity index (χ2v) is 5.63. The van der Waals surface area contributed by atoms with E-state index >= 15 is 0 Å². The first kappa shape index (κ1) is 14.0. The van der Waals surface area contributed by atoms with Crippen LogP contribution in [-0.2, 0) is 11.3 Å². The van der Waals surface area contributed by atoms with E-state index in [2.05, 4.69) is 29.4 Å². The third kappa shape index (κ3) is 2.88. The van der Waals surface area contributed by atoms with E-state index in [4.69, 9.17) is 4.74 Å². The molecule has 21 heavy (non-hydrogen) atoms. The minimum Gasteiger partial charge on any atom is -0.377 e. The fourth-order valence-corrected chi connectivity index (χ4v) is 2.89. The van der Waals surface area contributed by atoms with Crippen LogP contribution in [0.1, 0.15) is 5.82 Å². The van der Waals surface area contributed by atoms with E-state index in [0.29, 0.717) is 18.5 Å². The first-order valence-corrected chi connectivity index (χ1v) is 7.28. The minimum atomic E-state index is -0.183. The maximum Gasteiger partial charge on any atom is 0.266 e. The number of rotatable bonds is 5. The molecule has 2 aromatic heterocycles. The second-order valence-electron chi connectivity index (χ2n) is 4.90. The Balaban J connectivity index is 1.61. The number of hydrogen-bond donors (Lipinski definition) is 1. The molecule has 0 saturated carbocycles. The van der Waals surface area contributed by atoms with E-state index in [-0.39, 0.29) is 5.56 Å². The predicted octanol–water partition coefficient (Wildman–Crippen LogP) is 0.0928. The summed E-state index contributed by atoms with van der Waals surface area (Å²) in [6.45, 7) is 2.10. The third-order valence-corrected chi connectivity index (χ3v) is 4.30. The number of anilines is 2. The smallest absolute Gasteiger partial charge is 0.266 e. The zero-order valence-corrected chi connectivity index (χ0v) is 12.6. The molecule has 0 aliphatic carbocycles. The molecule has 9 heteroatoms. The van der Waals surface area contributed by atoms with Crippen LogP contribution in [0.5, 0.6) is 0 Å². The van der Waals surface area contributed by atoms with E-state index in [1.54, 1.807) is 19.4 Å². The zero-order valence-electron chi connectivity index (χ0n) is 11.8. The summed E-state index contributed by atoms with van der Waals surface area (Å²) in [6.07, 6.45) is 1.67. The van der Waals surface area contributed by atoms with Crippen molar-refractivity contribution in [2.45, 2.75) is 12.6 Å². The maximum atomic E-state index is 11.3. The quantitative estimate of drug-likeness (QED) is 0.837. The van der Waals surface area contributed by atoms with Crippen LogP contribution in [0.3, 0.4) is 0 Å².